The van der Waals surface area contributed by atoms with Crippen molar-refractivity contribution in [3.8, 4) is 22.3 Å². The SMILES string of the molecule is C=Cc1ccccc1C(=C)c1c2ccccc2c(-c2ccc(-c3ccc4sc5c(ccc6ccc7sc8ccccc8c7c65)c4c3)c3ccccc23)c2ccccc12. The summed E-state index contributed by atoms with van der Waals surface area (Å²) in [7, 11) is 0. The maximum absolute atomic E-state index is 4.73. The fourth-order valence-electron chi connectivity index (χ4n) is 9.62. The van der Waals surface area contributed by atoms with E-state index in [1.807, 2.05) is 28.7 Å². The predicted molar refractivity (Wildman–Crippen MR) is 258 cm³/mol. The normalized spacial score (nSPS) is 11.9. The van der Waals surface area contributed by atoms with Crippen LogP contribution in [0.5, 0.6) is 0 Å². The first-order valence-electron chi connectivity index (χ1n) is 19.7. The van der Waals surface area contributed by atoms with Gasteiger partial charge in [-0.05, 0) is 106 Å². The summed E-state index contributed by atoms with van der Waals surface area (Å²) < 4.78 is 5.39. The summed E-state index contributed by atoms with van der Waals surface area (Å²) >= 11 is 3.82. The van der Waals surface area contributed by atoms with Crippen LogP contribution in [0.25, 0.3) is 117 Å². The molecule has 0 saturated heterocycles. The molecule has 58 heavy (non-hydrogen) atoms. The minimum Gasteiger partial charge on any atom is -0.135 e. The van der Waals surface area contributed by atoms with Crippen LogP contribution in [0.1, 0.15) is 16.7 Å². The lowest BCUT2D eigenvalue weighted by molar-refractivity contribution is 1.57. The number of fused-ring (bicyclic) bond motifs is 12. The minimum absolute atomic E-state index is 1.01. The van der Waals surface area contributed by atoms with E-state index in [2.05, 4.69) is 183 Å². The van der Waals surface area contributed by atoms with Gasteiger partial charge in [0.2, 0.25) is 0 Å². The number of benzene rings is 10. The molecule has 2 heterocycles. The van der Waals surface area contributed by atoms with Gasteiger partial charge in [-0.1, -0.05) is 171 Å². The molecule has 12 aromatic rings. The lowest BCUT2D eigenvalue weighted by atomic mass is 9.82. The van der Waals surface area contributed by atoms with Gasteiger partial charge in [-0.3, -0.25) is 0 Å². The van der Waals surface area contributed by atoms with Gasteiger partial charge in [-0.15, -0.1) is 22.7 Å². The molecule has 0 spiro atoms. The average Bonchev–Trinajstić information content (AvgIpc) is 3.86. The minimum atomic E-state index is 1.01. The highest BCUT2D eigenvalue weighted by molar-refractivity contribution is 7.28. The van der Waals surface area contributed by atoms with Gasteiger partial charge < -0.3 is 0 Å². The third-order valence-corrected chi connectivity index (χ3v) is 14.5. The van der Waals surface area contributed by atoms with Gasteiger partial charge in [0.1, 0.15) is 0 Å². The van der Waals surface area contributed by atoms with Crippen LogP contribution in [-0.2, 0) is 0 Å². The molecule has 0 nitrogen and oxygen atoms in total. The molecule has 12 rings (SSSR count). The van der Waals surface area contributed by atoms with Crippen LogP contribution < -0.4 is 0 Å². The topological polar surface area (TPSA) is 0 Å². The molecule has 0 aliphatic carbocycles. The Kier molecular flexibility index (Phi) is 7.38. The Morgan fingerprint density at radius 3 is 1.78 bits per heavy atom. The molecule has 0 atom stereocenters. The van der Waals surface area contributed by atoms with E-state index in [1.54, 1.807) is 0 Å². The van der Waals surface area contributed by atoms with E-state index in [4.69, 9.17) is 6.58 Å². The molecule has 270 valence electrons. The van der Waals surface area contributed by atoms with Crippen molar-refractivity contribution in [3.05, 3.63) is 206 Å². The van der Waals surface area contributed by atoms with Crippen molar-refractivity contribution in [2.45, 2.75) is 0 Å². The van der Waals surface area contributed by atoms with Crippen LogP contribution >= 0.6 is 22.7 Å². The lowest BCUT2D eigenvalue weighted by Crippen LogP contribution is -1.96. The Bertz CT molecular complexity index is 3670. The van der Waals surface area contributed by atoms with E-state index in [9.17, 15) is 0 Å². The second-order valence-corrected chi connectivity index (χ2v) is 17.3. The average molecular weight is 771 g/mol. The predicted octanol–water partition coefficient (Wildman–Crippen LogP) is 17.1. The van der Waals surface area contributed by atoms with Gasteiger partial charge in [0.15, 0.2) is 0 Å². The summed E-state index contributed by atoms with van der Waals surface area (Å²) in [6.07, 6.45) is 1.93. The van der Waals surface area contributed by atoms with E-state index in [0.29, 0.717) is 0 Å². The fraction of sp³-hybridized carbons (Fsp3) is 0. The van der Waals surface area contributed by atoms with Crippen LogP contribution in [0.4, 0.5) is 0 Å². The number of thiophene rings is 2. The summed E-state index contributed by atoms with van der Waals surface area (Å²) in [5, 5.41) is 15.4. The Hall–Kier alpha value is -6.84. The van der Waals surface area contributed by atoms with Crippen LogP contribution in [0, 0.1) is 0 Å². The molecule has 0 unspecified atom stereocenters. The number of rotatable bonds is 5. The second kappa shape index (κ2) is 12.8. The molecular formula is C56H34S2. The molecule has 0 fully saturated rings. The van der Waals surface area contributed by atoms with E-state index in [0.717, 1.165) is 16.7 Å². The second-order valence-electron chi connectivity index (χ2n) is 15.2. The molecule has 0 bridgehead atoms. The van der Waals surface area contributed by atoms with Crippen LogP contribution in [-0.4, -0.2) is 0 Å². The molecule has 0 N–H and O–H groups in total. The third kappa shape index (κ3) is 4.80. The molecule has 10 aromatic carbocycles. The first-order valence-corrected chi connectivity index (χ1v) is 21.4. The highest BCUT2D eigenvalue weighted by Crippen LogP contribution is 2.48. The smallest absolute Gasteiger partial charge is 0.0440 e. The third-order valence-electron chi connectivity index (χ3n) is 12.2. The first-order chi connectivity index (χ1) is 28.7. The summed E-state index contributed by atoms with van der Waals surface area (Å²) in [4.78, 5) is 0. The maximum Gasteiger partial charge on any atom is 0.0440 e. The maximum atomic E-state index is 4.73. The van der Waals surface area contributed by atoms with Crippen molar-refractivity contribution >= 4 is 118 Å². The fourth-order valence-corrected chi connectivity index (χ4v) is 12.0. The molecule has 0 aliphatic rings. The molecule has 2 aromatic heterocycles. The zero-order valence-electron chi connectivity index (χ0n) is 31.6. The van der Waals surface area contributed by atoms with Gasteiger partial charge in [-0.2, -0.15) is 0 Å². The van der Waals surface area contributed by atoms with Crippen molar-refractivity contribution in [1.82, 2.24) is 0 Å². The summed E-state index contributed by atoms with van der Waals surface area (Å²) in [5.41, 5.74) is 9.32. The molecule has 0 radical (unpaired) electrons. The number of hydrogen-bond acceptors (Lipinski definition) is 2. The van der Waals surface area contributed by atoms with Gasteiger partial charge in [0.05, 0.1) is 0 Å². The standard InChI is InChI=1S/C56H34S2/c1-3-34-14-4-5-15-37(34)33(2)52-41-18-8-10-20-43(41)54(44-21-11-9-19-42(44)52)45-29-28-38(39-16-6-7-17-40(39)45)36-26-30-50-48(32-36)46-27-24-35-25-31-51-55(53(35)56(46)58-50)47-22-12-13-23-49(47)57-51/h3-32H,1-2H2. The number of hydrogen-bond donors (Lipinski definition) is 0. The largest absolute Gasteiger partial charge is 0.135 e. The quantitative estimate of drug-likeness (QED) is 0.153. The highest BCUT2D eigenvalue weighted by atomic mass is 32.1. The van der Waals surface area contributed by atoms with E-state index < -0.39 is 0 Å². The molecule has 0 aliphatic heterocycles. The van der Waals surface area contributed by atoms with E-state index in [-0.39, 0.29) is 0 Å². The highest BCUT2D eigenvalue weighted by Gasteiger charge is 2.21. The van der Waals surface area contributed by atoms with E-state index in [1.165, 1.54) is 111 Å². The molecule has 0 saturated carbocycles. The summed E-state index contributed by atoms with van der Waals surface area (Å²) in [6, 6.07) is 65.0. The van der Waals surface area contributed by atoms with Crippen molar-refractivity contribution in [3.63, 3.8) is 0 Å². The molecule has 0 amide bonds. The van der Waals surface area contributed by atoms with Gasteiger partial charge in [0, 0.05) is 45.7 Å². The van der Waals surface area contributed by atoms with Crippen molar-refractivity contribution in [2.24, 2.45) is 0 Å². The molecular weight excluding hydrogens is 737 g/mol. The Morgan fingerprint density at radius 1 is 0.431 bits per heavy atom. The van der Waals surface area contributed by atoms with Crippen LogP contribution in [0.3, 0.4) is 0 Å². The monoisotopic (exact) mass is 770 g/mol. The lowest BCUT2D eigenvalue weighted by Gasteiger charge is -2.21. The van der Waals surface area contributed by atoms with Crippen molar-refractivity contribution in [2.75, 3.05) is 0 Å². The van der Waals surface area contributed by atoms with Gasteiger partial charge in [-0.25, -0.2) is 0 Å². The molecule has 2 heteroatoms. The van der Waals surface area contributed by atoms with Crippen LogP contribution in [0.15, 0.2) is 189 Å². The Labute approximate surface area is 343 Å². The van der Waals surface area contributed by atoms with Crippen molar-refractivity contribution in [1.29, 1.82) is 0 Å². The first kappa shape index (κ1) is 33.3. The zero-order chi connectivity index (χ0) is 38.5. The Morgan fingerprint density at radius 2 is 1.02 bits per heavy atom. The summed E-state index contributed by atoms with van der Waals surface area (Å²) in [6.45, 7) is 8.85. The zero-order valence-corrected chi connectivity index (χ0v) is 33.2. The van der Waals surface area contributed by atoms with Crippen molar-refractivity contribution < 1.29 is 0 Å². The van der Waals surface area contributed by atoms with E-state index >= 15 is 0 Å². The van der Waals surface area contributed by atoms with Gasteiger partial charge >= 0.3 is 0 Å². The van der Waals surface area contributed by atoms with Crippen LogP contribution in [0.2, 0.25) is 0 Å². The van der Waals surface area contributed by atoms with Gasteiger partial charge in [0.25, 0.3) is 0 Å². The Balaban J connectivity index is 1.07. The summed E-state index contributed by atoms with van der Waals surface area (Å²) in [5.74, 6) is 0.